The predicted molar refractivity (Wildman–Crippen MR) is 159 cm³/mol. The van der Waals surface area contributed by atoms with Crippen LogP contribution in [0, 0.1) is 0 Å². The number of hydrogen-bond acceptors (Lipinski definition) is 3. The Morgan fingerprint density at radius 2 is 0.895 bits per heavy atom. The van der Waals surface area contributed by atoms with Crippen LogP contribution in [0.3, 0.4) is 0 Å². The Kier molecular flexibility index (Phi) is 10.1. The minimum atomic E-state index is -0.354. The Morgan fingerprint density at radius 3 is 1.24 bits per heavy atom. The van der Waals surface area contributed by atoms with Crippen LogP contribution in [0.2, 0.25) is 10.0 Å². The molecule has 0 bridgehead atoms. The molecule has 38 heavy (non-hydrogen) atoms. The number of rotatable bonds is 12. The van der Waals surface area contributed by atoms with Gasteiger partial charge in [0, 0.05) is 35.2 Å². The molecule has 0 heterocycles. The van der Waals surface area contributed by atoms with E-state index in [1.165, 1.54) is 11.1 Å². The Bertz CT molecular complexity index is 1180. The van der Waals surface area contributed by atoms with Crippen molar-refractivity contribution in [3.8, 4) is 0 Å². The molecule has 0 aromatic heterocycles. The van der Waals surface area contributed by atoms with Gasteiger partial charge in [-0.2, -0.15) is 0 Å². The summed E-state index contributed by atoms with van der Waals surface area (Å²) in [5.41, 5.74) is 4.26. The summed E-state index contributed by atoms with van der Waals surface area (Å²) in [6, 6.07) is 36.0. The van der Waals surface area contributed by atoms with E-state index >= 15 is 0 Å². The number of hydrogen-bond donors (Lipinski definition) is 2. The van der Waals surface area contributed by atoms with Gasteiger partial charge in [-0.1, -0.05) is 108 Å². The minimum absolute atomic E-state index is 0.101. The Labute approximate surface area is 236 Å². The van der Waals surface area contributed by atoms with Gasteiger partial charge in [-0.25, -0.2) is 0 Å². The van der Waals surface area contributed by atoms with E-state index in [1.54, 1.807) is 0 Å². The van der Waals surface area contributed by atoms with Gasteiger partial charge in [0.2, 0.25) is 0 Å². The second kappa shape index (κ2) is 13.7. The van der Waals surface area contributed by atoms with Crippen molar-refractivity contribution in [2.75, 3.05) is 13.1 Å². The highest BCUT2D eigenvalue weighted by molar-refractivity contribution is 6.30. The van der Waals surface area contributed by atoms with E-state index in [0.29, 0.717) is 23.1 Å². The molecule has 5 heteroatoms. The van der Waals surface area contributed by atoms with E-state index < -0.39 is 0 Å². The average molecular weight is 546 g/mol. The van der Waals surface area contributed by atoms with Crippen molar-refractivity contribution in [1.29, 1.82) is 0 Å². The molecule has 4 rings (SSSR count). The monoisotopic (exact) mass is 544 g/mol. The zero-order chi connectivity index (χ0) is 26.9. The van der Waals surface area contributed by atoms with E-state index in [9.17, 15) is 4.79 Å². The lowest BCUT2D eigenvalue weighted by Crippen LogP contribution is -2.36. The maximum Gasteiger partial charge on any atom is 0.150 e. The number of halogens is 2. The Hall–Kier alpha value is -2.95. The van der Waals surface area contributed by atoms with Crippen LogP contribution in [-0.2, 0) is 4.79 Å². The van der Waals surface area contributed by atoms with E-state index in [2.05, 4.69) is 48.7 Å². The van der Waals surface area contributed by atoms with Crippen molar-refractivity contribution >= 4 is 29.0 Å². The zero-order valence-corrected chi connectivity index (χ0v) is 23.3. The van der Waals surface area contributed by atoms with E-state index in [-0.39, 0.29) is 29.7 Å². The van der Waals surface area contributed by atoms with Crippen molar-refractivity contribution in [3.63, 3.8) is 0 Å². The SMILES string of the molecule is C[C@@H](NCC(C(=O)C(CN[C@H](C)c1ccccc1)c1ccc(Cl)cc1)c1ccc(Cl)cc1)c1ccccc1. The predicted octanol–water partition coefficient (Wildman–Crippen LogP) is 8.13. The number of carbonyl (C=O) groups excluding carboxylic acids is 1. The molecule has 2 N–H and O–H groups in total. The van der Waals surface area contributed by atoms with Crippen LogP contribution in [0.5, 0.6) is 0 Å². The molecule has 0 saturated heterocycles. The van der Waals surface area contributed by atoms with Gasteiger partial charge in [-0.15, -0.1) is 0 Å². The van der Waals surface area contributed by atoms with Gasteiger partial charge in [0.25, 0.3) is 0 Å². The first-order valence-electron chi connectivity index (χ1n) is 13.0. The van der Waals surface area contributed by atoms with Gasteiger partial charge in [0.15, 0.2) is 0 Å². The number of Topliss-reactive ketones (excluding diaryl/α,β-unsaturated/α-hetero) is 1. The molecule has 0 spiro atoms. The van der Waals surface area contributed by atoms with Gasteiger partial charge in [-0.05, 0) is 60.4 Å². The second-order valence-corrected chi connectivity index (χ2v) is 10.6. The van der Waals surface area contributed by atoms with Crippen LogP contribution in [0.4, 0.5) is 0 Å². The van der Waals surface area contributed by atoms with Crippen LogP contribution >= 0.6 is 23.2 Å². The van der Waals surface area contributed by atoms with E-state index in [1.807, 2.05) is 84.9 Å². The molecule has 0 amide bonds. The van der Waals surface area contributed by atoms with Crippen LogP contribution in [-0.4, -0.2) is 18.9 Å². The fourth-order valence-electron chi connectivity index (χ4n) is 4.71. The Balaban J connectivity index is 1.60. The van der Waals surface area contributed by atoms with Crippen LogP contribution in [0.1, 0.15) is 60.0 Å². The molecule has 4 atom stereocenters. The molecular weight excluding hydrogens is 511 g/mol. The lowest BCUT2D eigenvalue weighted by Gasteiger charge is -2.27. The third-order valence-corrected chi connectivity index (χ3v) is 7.59. The molecule has 4 aromatic carbocycles. The standard InChI is InChI=1S/C33H34Cl2N2O/c1-23(25-9-5-3-6-10-25)36-21-31(27-13-17-29(34)18-14-27)33(38)32(28-15-19-30(35)20-16-28)22-37-24(2)26-11-7-4-8-12-26/h3-20,23-24,31-32,36-37H,21-22H2,1-2H3/t23-,24-,31?,32?/m1/s1. The number of carbonyl (C=O) groups is 1. The third-order valence-electron chi connectivity index (χ3n) is 7.09. The molecule has 0 aliphatic rings. The summed E-state index contributed by atoms with van der Waals surface area (Å²) >= 11 is 12.4. The van der Waals surface area contributed by atoms with Crippen molar-refractivity contribution in [2.45, 2.75) is 37.8 Å². The minimum Gasteiger partial charge on any atom is -0.309 e. The average Bonchev–Trinajstić information content (AvgIpc) is 2.95. The van der Waals surface area contributed by atoms with Gasteiger partial charge >= 0.3 is 0 Å². The molecule has 0 radical (unpaired) electrons. The second-order valence-electron chi connectivity index (χ2n) is 9.69. The summed E-state index contributed by atoms with van der Waals surface area (Å²) in [7, 11) is 0. The fraction of sp³-hybridized carbons (Fsp3) is 0.242. The fourth-order valence-corrected chi connectivity index (χ4v) is 4.96. The first-order chi connectivity index (χ1) is 18.4. The molecule has 4 aromatic rings. The summed E-state index contributed by atoms with van der Waals surface area (Å²) in [5, 5.41) is 8.51. The molecule has 196 valence electrons. The summed E-state index contributed by atoms with van der Waals surface area (Å²) in [6.07, 6.45) is 0. The lowest BCUT2D eigenvalue weighted by molar-refractivity contribution is -0.121. The van der Waals surface area contributed by atoms with Crippen molar-refractivity contribution in [3.05, 3.63) is 141 Å². The highest BCUT2D eigenvalue weighted by Gasteiger charge is 2.30. The maximum atomic E-state index is 14.4. The van der Waals surface area contributed by atoms with E-state index in [0.717, 1.165) is 11.1 Å². The van der Waals surface area contributed by atoms with Gasteiger partial charge < -0.3 is 10.6 Å². The molecule has 0 saturated carbocycles. The number of nitrogens with one attached hydrogen (secondary N) is 2. The van der Waals surface area contributed by atoms with E-state index in [4.69, 9.17) is 23.2 Å². The highest BCUT2D eigenvalue weighted by Crippen LogP contribution is 2.29. The van der Waals surface area contributed by atoms with Crippen molar-refractivity contribution in [1.82, 2.24) is 10.6 Å². The van der Waals surface area contributed by atoms with Crippen molar-refractivity contribution < 1.29 is 4.79 Å². The first kappa shape index (κ1) is 28.1. The molecule has 2 unspecified atom stereocenters. The van der Waals surface area contributed by atoms with Crippen LogP contribution < -0.4 is 10.6 Å². The molecular formula is C33H34Cl2N2O. The van der Waals surface area contributed by atoms with Crippen LogP contribution in [0.15, 0.2) is 109 Å². The normalized spacial score (nSPS) is 14.4. The highest BCUT2D eigenvalue weighted by atomic mass is 35.5. The van der Waals surface area contributed by atoms with Gasteiger partial charge in [-0.3, -0.25) is 4.79 Å². The van der Waals surface area contributed by atoms with Gasteiger partial charge in [0.05, 0.1) is 11.8 Å². The quantitative estimate of drug-likeness (QED) is 0.189. The summed E-state index contributed by atoms with van der Waals surface area (Å²) in [4.78, 5) is 14.4. The third kappa shape index (κ3) is 7.55. The van der Waals surface area contributed by atoms with Gasteiger partial charge in [0.1, 0.15) is 5.78 Å². The smallest absolute Gasteiger partial charge is 0.150 e. The molecule has 0 aliphatic heterocycles. The first-order valence-corrected chi connectivity index (χ1v) is 13.8. The molecule has 3 nitrogen and oxygen atoms in total. The van der Waals surface area contributed by atoms with Crippen molar-refractivity contribution in [2.24, 2.45) is 0 Å². The topological polar surface area (TPSA) is 41.1 Å². The number of ketones is 1. The molecule has 0 fully saturated rings. The Morgan fingerprint density at radius 1 is 0.553 bits per heavy atom. The zero-order valence-electron chi connectivity index (χ0n) is 21.8. The summed E-state index contributed by atoms with van der Waals surface area (Å²) in [5.74, 6) is -0.559. The largest absolute Gasteiger partial charge is 0.309 e. The number of benzene rings is 4. The van der Waals surface area contributed by atoms with Crippen LogP contribution in [0.25, 0.3) is 0 Å². The lowest BCUT2D eigenvalue weighted by atomic mass is 9.83. The molecule has 0 aliphatic carbocycles. The maximum absolute atomic E-state index is 14.4. The summed E-state index contributed by atoms with van der Waals surface area (Å²) < 4.78 is 0. The summed E-state index contributed by atoms with van der Waals surface area (Å²) in [6.45, 7) is 5.26.